The summed E-state index contributed by atoms with van der Waals surface area (Å²) in [5.74, 6) is 0.723. The average molecular weight is 249 g/mol. The van der Waals surface area contributed by atoms with Crippen LogP contribution in [0.15, 0.2) is 6.07 Å². The number of methoxy groups -OCH3 is 1. The maximum atomic E-state index is 5.31. The van der Waals surface area contributed by atoms with E-state index in [4.69, 9.17) is 4.74 Å². The number of nitrogens with one attached hydrogen (secondary N) is 1. The lowest BCUT2D eigenvalue weighted by atomic mass is 10.1. The summed E-state index contributed by atoms with van der Waals surface area (Å²) in [5.41, 5.74) is 3.78. The molecule has 1 aliphatic rings. The fourth-order valence-corrected chi connectivity index (χ4v) is 2.51. The van der Waals surface area contributed by atoms with Crippen molar-refractivity contribution in [3.63, 3.8) is 0 Å². The fourth-order valence-electron chi connectivity index (χ4n) is 2.51. The molecular formula is C14H23N3O. The van der Waals surface area contributed by atoms with Crippen molar-refractivity contribution in [3.05, 3.63) is 17.3 Å². The number of nitrogens with zero attached hydrogens (tertiary/aromatic N) is 2. The lowest BCUT2D eigenvalue weighted by Gasteiger charge is -2.31. The van der Waals surface area contributed by atoms with E-state index < -0.39 is 0 Å². The van der Waals surface area contributed by atoms with Gasteiger partial charge in [0, 0.05) is 43.6 Å². The molecule has 2 heterocycles. The quantitative estimate of drug-likeness (QED) is 0.882. The SMILES string of the molecule is CCCc1c(N2CCNCC2)cc(OC)nc1C. The minimum atomic E-state index is 0.723. The summed E-state index contributed by atoms with van der Waals surface area (Å²) in [6, 6.07) is 2.09. The predicted octanol–water partition coefficient (Wildman–Crippen LogP) is 1.76. The Hall–Kier alpha value is -1.29. The van der Waals surface area contributed by atoms with Crippen LogP contribution in [0, 0.1) is 6.92 Å². The molecule has 100 valence electrons. The van der Waals surface area contributed by atoms with E-state index in [1.54, 1.807) is 7.11 Å². The molecule has 0 saturated carbocycles. The molecule has 1 saturated heterocycles. The number of piperazine rings is 1. The minimum absolute atomic E-state index is 0.723. The Morgan fingerprint density at radius 3 is 2.72 bits per heavy atom. The minimum Gasteiger partial charge on any atom is -0.481 e. The molecule has 1 aromatic rings. The topological polar surface area (TPSA) is 37.4 Å². The summed E-state index contributed by atoms with van der Waals surface area (Å²) >= 11 is 0. The van der Waals surface area contributed by atoms with Crippen LogP contribution >= 0.6 is 0 Å². The van der Waals surface area contributed by atoms with Gasteiger partial charge in [-0.3, -0.25) is 0 Å². The number of hydrogen-bond acceptors (Lipinski definition) is 4. The van der Waals surface area contributed by atoms with Crippen LogP contribution in [0.2, 0.25) is 0 Å². The molecule has 0 amide bonds. The Morgan fingerprint density at radius 2 is 2.11 bits per heavy atom. The molecule has 0 atom stereocenters. The molecule has 1 aromatic heterocycles. The van der Waals surface area contributed by atoms with Gasteiger partial charge in [-0.2, -0.15) is 0 Å². The second-order valence-corrected chi connectivity index (χ2v) is 4.73. The van der Waals surface area contributed by atoms with Gasteiger partial charge in [0.05, 0.1) is 7.11 Å². The average Bonchev–Trinajstić information content (AvgIpc) is 2.42. The number of pyridine rings is 1. The first-order chi connectivity index (χ1) is 8.76. The van der Waals surface area contributed by atoms with Gasteiger partial charge in [-0.05, 0) is 18.9 Å². The number of rotatable bonds is 4. The van der Waals surface area contributed by atoms with Crippen LogP contribution in [-0.2, 0) is 6.42 Å². The molecule has 2 rings (SSSR count). The Labute approximate surface area is 109 Å². The van der Waals surface area contributed by atoms with Gasteiger partial charge in [0.1, 0.15) is 0 Å². The van der Waals surface area contributed by atoms with Gasteiger partial charge >= 0.3 is 0 Å². The van der Waals surface area contributed by atoms with E-state index in [1.165, 1.54) is 11.3 Å². The fraction of sp³-hybridized carbons (Fsp3) is 0.643. The molecule has 0 aliphatic carbocycles. The molecule has 4 heteroatoms. The van der Waals surface area contributed by atoms with Crippen molar-refractivity contribution in [1.82, 2.24) is 10.3 Å². The molecule has 0 radical (unpaired) electrons. The normalized spacial score (nSPS) is 15.8. The third-order valence-corrected chi connectivity index (χ3v) is 3.45. The van der Waals surface area contributed by atoms with E-state index in [9.17, 15) is 0 Å². The van der Waals surface area contributed by atoms with Crippen molar-refractivity contribution in [2.45, 2.75) is 26.7 Å². The number of anilines is 1. The van der Waals surface area contributed by atoms with Crippen molar-refractivity contribution in [1.29, 1.82) is 0 Å². The summed E-state index contributed by atoms with van der Waals surface area (Å²) in [4.78, 5) is 6.94. The van der Waals surface area contributed by atoms with Crippen LogP contribution in [0.4, 0.5) is 5.69 Å². The molecule has 0 spiro atoms. The molecule has 0 bridgehead atoms. The van der Waals surface area contributed by atoms with E-state index in [1.807, 2.05) is 0 Å². The van der Waals surface area contributed by atoms with Crippen molar-refractivity contribution < 1.29 is 4.74 Å². The van der Waals surface area contributed by atoms with Crippen LogP contribution in [0.1, 0.15) is 24.6 Å². The molecule has 1 fully saturated rings. The Kier molecular flexibility index (Phi) is 4.42. The van der Waals surface area contributed by atoms with E-state index in [-0.39, 0.29) is 0 Å². The van der Waals surface area contributed by atoms with Crippen LogP contribution < -0.4 is 15.0 Å². The highest BCUT2D eigenvalue weighted by molar-refractivity contribution is 5.57. The lowest BCUT2D eigenvalue weighted by molar-refractivity contribution is 0.396. The first kappa shape index (κ1) is 13.1. The van der Waals surface area contributed by atoms with Crippen molar-refractivity contribution >= 4 is 5.69 Å². The highest BCUT2D eigenvalue weighted by Gasteiger charge is 2.17. The first-order valence-corrected chi connectivity index (χ1v) is 6.76. The van der Waals surface area contributed by atoms with Gasteiger partial charge in [0.2, 0.25) is 5.88 Å². The Balaban J connectivity index is 2.36. The second-order valence-electron chi connectivity index (χ2n) is 4.73. The summed E-state index contributed by atoms with van der Waals surface area (Å²) in [6.07, 6.45) is 2.23. The summed E-state index contributed by atoms with van der Waals surface area (Å²) in [5, 5.41) is 3.39. The van der Waals surface area contributed by atoms with Gasteiger partial charge in [0.15, 0.2) is 0 Å². The maximum Gasteiger partial charge on any atom is 0.215 e. The highest BCUT2D eigenvalue weighted by Crippen LogP contribution is 2.28. The second kappa shape index (κ2) is 6.05. The van der Waals surface area contributed by atoms with Crippen LogP contribution in [-0.4, -0.2) is 38.3 Å². The molecule has 0 unspecified atom stereocenters. The standard InChI is InChI=1S/C14H23N3O/c1-4-5-12-11(2)16-14(18-3)10-13(12)17-8-6-15-7-9-17/h10,15H,4-9H2,1-3H3. The van der Waals surface area contributed by atoms with Gasteiger partial charge in [0.25, 0.3) is 0 Å². The van der Waals surface area contributed by atoms with Crippen LogP contribution in [0.5, 0.6) is 5.88 Å². The van der Waals surface area contributed by atoms with E-state index >= 15 is 0 Å². The van der Waals surface area contributed by atoms with Gasteiger partial charge in [-0.15, -0.1) is 0 Å². The zero-order chi connectivity index (χ0) is 13.0. The largest absolute Gasteiger partial charge is 0.481 e. The number of aryl methyl sites for hydroxylation is 1. The third kappa shape index (κ3) is 2.75. The van der Waals surface area contributed by atoms with E-state index in [2.05, 4.69) is 35.1 Å². The van der Waals surface area contributed by atoms with Crippen LogP contribution in [0.3, 0.4) is 0 Å². The molecule has 1 N–H and O–H groups in total. The van der Waals surface area contributed by atoms with Crippen molar-refractivity contribution in [2.75, 3.05) is 38.2 Å². The third-order valence-electron chi connectivity index (χ3n) is 3.45. The summed E-state index contributed by atoms with van der Waals surface area (Å²) in [6.45, 7) is 8.52. The van der Waals surface area contributed by atoms with E-state index in [0.29, 0.717) is 0 Å². The predicted molar refractivity (Wildman–Crippen MR) is 74.6 cm³/mol. The number of aromatic nitrogens is 1. The molecule has 4 nitrogen and oxygen atoms in total. The molecule has 0 aromatic carbocycles. The molecular weight excluding hydrogens is 226 g/mol. The zero-order valence-electron chi connectivity index (χ0n) is 11.6. The molecule has 1 aliphatic heterocycles. The highest BCUT2D eigenvalue weighted by atomic mass is 16.5. The smallest absolute Gasteiger partial charge is 0.215 e. The lowest BCUT2D eigenvalue weighted by Crippen LogP contribution is -2.44. The van der Waals surface area contributed by atoms with E-state index in [0.717, 1.165) is 50.6 Å². The van der Waals surface area contributed by atoms with Crippen molar-refractivity contribution in [3.8, 4) is 5.88 Å². The first-order valence-electron chi connectivity index (χ1n) is 6.76. The van der Waals surface area contributed by atoms with Gasteiger partial charge in [-0.25, -0.2) is 4.98 Å². The summed E-state index contributed by atoms with van der Waals surface area (Å²) < 4.78 is 5.31. The van der Waals surface area contributed by atoms with Gasteiger partial charge in [-0.1, -0.05) is 13.3 Å². The Morgan fingerprint density at radius 1 is 1.39 bits per heavy atom. The summed E-state index contributed by atoms with van der Waals surface area (Å²) in [7, 11) is 1.68. The van der Waals surface area contributed by atoms with Gasteiger partial charge < -0.3 is 15.0 Å². The maximum absolute atomic E-state index is 5.31. The molecule has 18 heavy (non-hydrogen) atoms. The van der Waals surface area contributed by atoms with Crippen LogP contribution in [0.25, 0.3) is 0 Å². The number of hydrogen-bond donors (Lipinski definition) is 1. The van der Waals surface area contributed by atoms with Crippen molar-refractivity contribution in [2.24, 2.45) is 0 Å². The monoisotopic (exact) mass is 249 g/mol. The Bertz CT molecular complexity index is 400. The zero-order valence-corrected chi connectivity index (χ0v) is 11.6. The number of ether oxygens (including phenoxy) is 1.